The number of urea groups is 1. The number of piperidine rings is 1. The van der Waals surface area contributed by atoms with E-state index in [1.807, 2.05) is 38.1 Å². The van der Waals surface area contributed by atoms with E-state index >= 15 is 0 Å². The summed E-state index contributed by atoms with van der Waals surface area (Å²) in [5, 5.41) is 12.1. The van der Waals surface area contributed by atoms with Crippen molar-refractivity contribution in [3.05, 3.63) is 35.4 Å². The summed E-state index contributed by atoms with van der Waals surface area (Å²) >= 11 is 0. The number of hydrogen-bond acceptors (Lipinski definition) is 3. The molecule has 2 rings (SSSR count). The molecule has 0 bridgehead atoms. The molecule has 132 valence electrons. The number of carboxylic acids is 1. The zero-order valence-electron chi connectivity index (χ0n) is 14.3. The van der Waals surface area contributed by atoms with Gasteiger partial charge in [-0.3, -0.25) is 4.79 Å². The third kappa shape index (κ3) is 5.23. The molecule has 1 aromatic rings. The summed E-state index contributed by atoms with van der Waals surface area (Å²) in [6.45, 7) is 6.51. The number of carbonyl (C=O) groups excluding carboxylic acids is 1. The summed E-state index contributed by atoms with van der Waals surface area (Å²) in [5.74, 6) is -1.11. The number of rotatable bonds is 6. The number of aliphatic carboxylic acids is 1. The first-order valence-corrected chi connectivity index (χ1v) is 8.40. The normalized spacial score (nSPS) is 20.7. The molecule has 6 nitrogen and oxygen atoms in total. The van der Waals surface area contributed by atoms with Crippen LogP contribution in [0.4, 0.5) is 4.79 Å². The molecule has 0 spiro atoms. The molecule has 0 aromatic heterocycles. The second-order valence-electron chi connectivity index (χ2n) is 6.39. The van der Waals surface area contributed by atoms with Gasteiger partial charge in [0.1, 0.15) is 0 Å². The zero-order chi connectivity index (χ0) is 17.5. The highest BCUT2D eigenvalue weighted by Crippen LogP contribution is 2.21. The smallest absolute Gasteiger partial charge is 0.317 e. The van der Waals surface area contributed by atoms with E-state index in [0.29, 0.717) is 32.7 Å². The van der Waals surface area contributed by atoms with E-state index in [9.17, 15) is 14.7 Å². The van der Waals surface area contributed by atoms with Crippen LogP contribution >= 0.6 is 0 Å². The molecule has 2 amide bonds. The fraction of sp³-hybridized carbons (Fsp3) is 0.556. The van der Waals surface area contributed by atoms with Crippen LogP contribution in [0.5, 0.6) is 0 Å². The van der Waals surface area contributed by atoms with Crippen molar-refractivity contribution in [2.24, 2.45) is 11.8 Å². The molecule has 0 aliphatic carbocycles. The van der Waals surface area contributed by atoms with Crippen LogP contribution in [-0.2, 0) is 22.7 Å². The highest BCUT2D eigenvalue weighted by molar-refractivity contribution is 5.76. The highest BCUT2D eigenvalue weighted by Gasteiger charge is 2.31. The summed E-state index contributed by atoms with van der Waals surface area (Å²) in [4.78, 5) is 25.1. The van der Waals surface area contributed by atoms with Crippen molar-refractivity contribution in [1.82, 2.24) is 10.2 Å². The second-order valence-corrected chi connectivity index (χ2v) is 6.39. The Balaban J connectivity index is 1.84. The third-order valence-electron chi connectivity index (χ3n) is 4.24. The van der Waals surface area contributed by atoms with Gasteiger partial charge >= 0.3 is 12.0 Å². The van der Waals surface area contributed by atoms with Crippen molar-refractivity contribution >= 4 is 12.0 Å². The number of nitrogens with one attached hydrogen (secondary N) is 1. The fourth-order valence-electron chi connectivity index (χ4n) is 2.96. The lowest BCUT2D eigenvalue weighted by molar-refractivity contribution is -0.143. The van der Waals surface area contributed by atoms with E-state index in [2.05, 4.69) is 5.32 Å². The molecule has 1 heterocycles. The summed E-state index contributed by atoms with van der Waals surface area (Å²) < 4.78 is 5.35. The average molecular weight is 334 g/mol. The number of likely N-dealkylation sites (tertiary alicyclic amines) is 1. The number of carboxylic acid groups (broad SMARTS) is 1. The molecule has 0 radical (unpaired) electrons. The predicted molar refractivity (Wildman–Crippen MR) is 90.5 cm³/mol. The van der Waals surface area contributed by atoms with Crippen LogP contribution in [0.3, 0.4) is 0 Å². The number of amides is 2. The molecule has 1 fully saturated rings. The Morgan fingerprint density at radius 2 is 1.92 bits per heavy atom. The zero-order valence-corrected chi connectivity index (χ0v) is 14.3. The quantitative estimate of drug-likeness (QED) is 0.838. The van der Waals surface area contributed by atoms with Crippen molar-refractivity contribution in [2.45, 2.75) is 33.4 Å². The number of ether oxygens (including phenoxy) is 1. The van der Waals surface area contributed by atoms with Gasteiger partial charge in [0, 0.05) is 26.2 Å². The van der Waals surface area contributed by atoms with E-state index in [1.165, 1.54) is 0 Å². The Kier molecular flexibility index (Phi) is 6.61. The topological polar surface area (TPSA) is 78.9 Å². The minimum Gasteiger partial charge on any atom is -0.481 e. The first kappa shape index (κ1) is 18.3. The van der Waals surface area contributed by atoms with Crippen molar-refractivity contribution in [1.29, 1.82) is 0 Å². The third-order valence-corrected chi connectivity index (χ3v) is 4.24. The van der Waals surface area contributed by atoms with E-state index in [-0.39, 0.29) is 18.5 Å². The summed E-state index contributed by atoms with van der Waals surface area (Å²) in [6.07, 6.45) is 0.625. The second kappa shape index (κ2) is 8.68. The van der Waals surface area contributed by atoms with Crippen LogP contribution in [0.1, 0.15) is 31.4 Å². The molecular formula is C18H26N2O4. The Morgan fingerprint density at radius 1 is 1.25 bits per heavy atom. The minimum atomic E-state index is -0.829. The van der Waals surface area contributed by atoms with Gasteiger partial charge in [-0.05, 0) is 30.4 Å². The molecular weight excluding hydrogens is 308 g/mol. The SMILES string of the molecule is CCOCc1ccc(CNC(=O)N2CC(C)CC(C(=O)O)C2)cc1. The van der Waals surface area contributed by atoms with Gasteiger partial charge in [-0.1, -0.05) is 31.2 Å². The molecule has 2 atom stereocenters. The Labute approximate surface area is 142 Å². The number of benzene rings is 1. The van der Waals surface area contributed by atoms with Crippen LogP contribution in [0, 0.1) is 11.8 Å². The number of hydrogen-bond donors (Lipinski definition) is 2. The standard InChI is InChI=1S/C18H26N2O4/c1-3-24-12-15-6-4-14(5-7-15)9-19-18(23)20-10-13(2)8-16(11-20)17(21)22/h4-7,13,16H,3,8-12H2,1-2H3,(H,19,23)(H,21,22). The van der Waals surface area contributed by atoms with Crippen molar-refractivity contribution in [3.8, 4) is 0 Å². The lowest BCUT2D eigenvalue weighted by Gasteiger charge is -2.34. The minimum absolute atomic E-state index is 0.198. The van der Waals surface area contributed by atoms with Crippen molar-refractivity contribution < 1.29 is 19.4 Å². The molecule has 2 N–H and O–H groups in total. The Hall–Kier alpha value is -2.08. The molecule has 1 aromatic carbocycles. The molecule has 0 saturated carbocycles. The van der Waals surface area contributed by atoms with Crippen molar-refractivity contribution in [3.63, 3.8) is 0 Å². The largest absolute Gasteiger partial charge is 0.481 e. The van der Waals surface area contributed by atoms with Crippen LogP contribution < -0.4 is 5.32 Å². The van der Waals surface area contributed by atoms with E-state index in [0.717, 1.165) is 11.1 Å². The van der Waals surface area contributed by atoms with Gasteiger partial charge in [0.25, 0.3) is 0 Å². The van der Waals surface area contributed by atoms with Gasteiger partial charge in [0.2, 0.25) is 0 Å². The molecule has 2 unspecified atom stereocenters. The summed E-state index contributed by atoms with van der Waals surface area (Å²) in [5.41, 5.74) is 2.10. The predicted octanol–water partition coefficient (Wildman–Crippen LogP) is 2.48. The number of carbonyl (C=O) groups is 2. The first-order chi connectivity index (χ1) is 11.5. The van der Waals surface area contributed by atoms with E-state index in [1.54, 1.807) is 4.90 Å². The first-order valence-electron chi connectivity index (χ1n) is 8.40. The lowest BCUT2D eigenvalue weighted by Crippen LogP contribution is -2.49. The van der Waals surface area contributed by atoms with Crippen LogP contribution in [0.2, 0.25) is 0 Å². The monoisotopic (exact) mass is 334 g/mol. The summed E-state index contributed by atoms with van der Waals surface area (Å²) in [7, 11) is 0. The van der Waals surface area contributed by atoms with Gasteiger partial charge in [-0.15, -0.1) is 0 Å². The van der Waals surface area contributed by atoms with E-state index < -0.39 is 11.9 Å². The fourth-order valence-corrected chi connectivity index (χ4v) is 2.96. The van der Waals surface area contributed by atoms with Gasteiger partial charge in [-0.25, -0.2) is 4.79 Å². The van der Waals surface area contributed by atoms with Crippen LogP contribution in [0.25, 0.3) is 0 Å². The van der Waals surface area contributed by atoms with Gasteiger partial charge in [-0.2, -0.15) is 0 Å². The Bertz CT molecular complexity index is 559. The molecule has 1 saturated heterocycles. The average Bonchev–Trinajstić information content (AvgIpc) is 2.58. The van der Waals surface area contributed by atoms with Crippen LogP contribution in [0.15, 0.2) is 24.3 Å². The molecule has 1 aliphatic heterocycles. The van der Waals surface area contributed by atoms with E-state index in [4.69, 9.17) is 4.74 Å². The highest BCUT2D eigenvalue weighted by atomic mass is 16.5. The van der Waals surface area contributed by atoms with Gasteiger partial charge in [0.05, 0.1) is 12.5 Å². The maximum absolute atomic E-state index is 12.3. The van der Waals surface area contributed by atoms with Crippen LogP contribution in [-0.4, -0.2) is 41.7 Å². The maximum Gasteiger partial charge on any atom is 0.317 e. The number of nitrogens with zero attached hydrogens (tertiary/aromatic N) is 1. The molecule has 6 heteroatoms. The maximum atomic E-state index is 12.3. The lowest BCUT2D eigenvalue weighted by atomic mass is 9.91. The Morgan fingerprint density at radius 3 is 2.54 bits per heavy atom. The van der Waals surface area contributed by atoms with Gasteiger partial charge < -0.3 is 20.1 Å². The summed E-state index contributed by atoms with van der Waals surface area (Å²) in [6, 6.07) is 7.70. The van der Waals surface area contributed by atoms with Gasteiger partial charge in [0.15, 0.2) is 0 Å². The molecule has 1 aliphatic rings. The molecule has 24 heavy (non-hydrogen) atoms. The van der Waals surface area contributed by atoms with Crippen molar-refractivity contribution in [2.75, 3.05) is 19.7 Å².